The number of benzene rings is 1. The second kappa shape index (κ2) is 19.3. The molecule has 252 valence electrons. The molecule has 0 aliphatic heterocycles. The van der Waals surface area contributed by atoms with Gasteiger partial charge < -0.3 is 47.6 Å². The highest BCUT2D eigenvalue weighted by Crippen LogP contribution is 2.11. The summed E-state index contributed by atoms with van der Waals surface area (Å²) < 4.78 is 0. The van der Waals surface area contributed by atoms with Gasteiger partial charge in [0.2, 0.25) is 29.5 Å². The molecule has 5 amide bonds. The summed E-state index contributed by atoms with van der Waals surface area (Å²) in [4.78, 5) is 75.4. The first-order valence-electron chi connectivity index (χ1n) is 14.9. The molecule has 0 unspecified atom stereocenters. The van der Waals surface area contributed by atoms with Crippen molar-refractivity contribution in [3.63, 3.8) is 0 Å². The average Bonchev–Trinajstić information content (AvgIpc) is 2.98. The van der Waals surface area contributed by atoms with Crippen LogP contribution in [0, 0.1) is 11.8 Å². The predicted molar refractivity (Wildman–Crippen MR) is 164 cm³/mol. The van der Waals surface area contributed by atoms with E-state index in [2.05, 4.69) is 26.6 Å². The quantitative estimate of drug-likeness (QED) is 0.0821. The minimum atomic E-state index is -1.58. The van der Waals surface area contributed by atoms with Gasteiger partial charge in [0.15, 0.2) is 0 Å². The Labute approximate surface area is 263 Å². The van der Waals surface area contributed by atoms with E-state index in [4.69, 9.17) is 5.73 Å². The molecule has 1 aromatic carbocycles. The number of aliphatic hydroxyl groups excluding tert-OH is 2. The molecule has 0 spiro atoms. The van der Waals surface area contributed by atoms with E-state index in [1.165, 1.54) is 6.92 Å². The zero-order chi connectivity index (χ0) is 34.3. The van der Waals surface area contributed by atoms with Gasteiger partial charge in [-0.3, -0.25) is 24.0 Å². The second-order valence-electron chi connectivity index (χ2n) is 11.4. The highest BCUT2D eigenvalue weighted by atomic mass is 16.4. The lowest BCUT2D eigenvalue weighted by Crippen LogP contribution is -2.62. The molecule has 0 aliphatic rings. The topological polar surface area (TPSA) is 249 Å². The fourth-order valence-corrected chi connectivity index (χ4v) is 4.27. The molecular weight excluding hydrogens is 588 g/mol. The predicted octanol–water partition coefficient (Wildman–Crippen LogP) is -1.84. The van der Waals surface area contributed by atoms with Gasteiger partial charge in [0.1, 0.15) is 24.2 Å². The number of carboxylic acids is 1. The van der Waals surface area contributed by atoms with Gasteiger partial charge in [-0.25, -0.2) is 4.79 Å². The number of carbonyl (C=O) groups excluding carboxylic acids is 5. The summed E-state index contributed by atoms with van der Waals surface area (Å²) in [5.74, 6) is -5.63. The molecule has 7 atom stereocenters. The van der Waals surface area contributed by atoms with Crippen LogP contribution in [-0.4, -0.2) is 100 Å². The van der Waals surface area contributed by atoms with E-state index < -0.39 is 85.0 Å². The van der Waals surface area contributed by atoms with Crippen LogP contribution in [0.2, 0.25) is 0 Å². The molecule has 0 aromatic heterocycles. The molecule has 0 saturated carbocycles. The number of aliphatic hydroxyl groups is 2. The fraction of sp³-hybridized carbons (Fsp3) is 0.600. The second-order valence-corrected chi connectivity index (χ2v) is 11.4. The largest absolute Gasteiger partial charge is 0.480 e. The molecule has 0 heterocycles. The SMILES string of the molecule is CC[C@H](C)[C@H](NC(=O)[C@@H](N)CC(C)C)C(=O)N[C@H](C(=O)N[C@@H](CO)C(=O)NCC(=O)N[C@@H](Cc1ccccc1)C(=O)O)[C@@H](C)O. The van der Waals surface area contributed by atoms with Crippen molar-refractivity contribution in [2.75, 3.05) is 13.2 Å². The first-order chi connectivity index (χ1) is 21.1. The van der Waals surface area contributed by atoms with Gasteiger partial charge in [-0.15, -0.1) is 0 Å². The maximum Gasteiger partial charge on any atom is 0.326 e. The van der Waals surface area contributed by atoms with Crippen LogP contribution in [0.15, 0.2) is 30.3 Å². The number of rotatable bonds is 19. The Morgan fingerprint density at radius 2 is 1.38 bits per heavy atom. The summed E-state index contributed by atoms with van der Waals surface area (Å²) in [6.45, 7) is 6.99. The molecule has 0 bridgehead atoms. The van der Waals surface area contributed by atoms with Crippen LogP contribution in [0.25, 0.3) is 0 Å². The van der Waals surface area contributed by atoms with Crippen LogP contribution in [-0.2, 0) is 35.2 Å². The normalized spacial score (nSPS) is 15.8. The number of carboxylic acid groups (broad SMARTS) is 1. The zero-order valence-corrected chi connectivity index (χ0v) is 26.4. The van der Waals surface area contributed by atoms with E-state index in [9.17, 15) is 44.1 Å². The maximum absolute atomic E-state index is 13.2. The molecule has 0 fully saturated rings. The molecule has 10 N–H and O–H groups in total. The van der Waals surface area contributed by atoms with Crippen molar-refractivity contribution >= 4 is 35.5 Å². The minimum absolute atomic E-state index is 0.00392. The molecule has 0 aliphatic carbocycles. The van der Waals surface area contributed by atoms with Crippen molar-refractivity contribution in [3.8, 4) is 0 Å². The Kier molecular flexibility index (Phi) is 16.7. The number of hydrogen-bond donors (Lipinski definition) is 9. The zero-order valence-electron chi connectivity index (χ0n) is 26.4. The molecule has 15 heteroatoms. The van der Waals surface area contributed by atoms with E-state index in [0.717, 1.165) is 0 Å². The lowest BCUT2D eigenvalue weighted by Gasteiger charge is -2.29. The Morgan fingerprint density at radius 3 is 1.89 bits per heavy atom. The third-order valence-electron chi connectivity index (χ3n) is 7.07. The number of nitrogens with one attached hydrogen (secondary N) is 5. The van der Waals surface area contributed by atoms with Crippen LogP contribution >= 0.6 is 0 Å². The molecule has 1 rings (SSSR count). The summed E-state index contributed by atoms with van der Waals surface area (Å²) in [6, 6.07) is 2.24. The molecule has 45 heavy (non-hydrogen) atoms. The Morgan fingerprint density at radius 1 is 0.800 bits per heavy atom. The lowest BCUT2D eigenvalue weighted by molar-refractivity contribution is -0.141. The molecule has 1 aromatic rings. The monoisotopic (exact) mass is 636 g/mol. The van der Waals surface area contributed by atoms with Gasteiger partial charge in [0.05, 0.1) is 25.3 Å². The Hall–Kier alpha value is -4.08. The number of carbonyl (C=O) groups is 6. The van der Waals surface area contributed by atoms with Crippen LogP contribution in [0.4, 0.5) is 0 Å². The number of nitrogens with two attached hydrogens (primary N) is 1. The van der Waals surface area contributed by atoms with Crippen LogP contribution < -0.4 is 32.3 Å². The van der Waals surface area contributed by atoms with Crippen LogP contribution in [0.5, 0.6) is 0 Å². The van der Waals surface area contributed by atoms with Crippen molar-refractivity contribution in [2.24, 2.45) is 17.6 Å². The first-order valence-corrected chi connectivity index (χ1v) is 14.9. The van der Waals surface area contributed by atoms with E-state index in [0.29, 0.717) is 18.4 Å². The third kappa shape index (κ3) is 13.6. The fourth-order valence-electron chi connectivity index (χ4n) is 4.27. The molecular formula is C30H48N6O9. The summed E-state index contributed by atoms with van der Waals surface area (Å²) >= 11 is 0. The molecule has 15 nitrogen and oxygen atoms in total. The van der Waals surface area contributed by atoms with Crippen molar-refractivity contribution in [1.82, 2.24) is 26.6 Å². The van der Waals surface area contributed by atoms with Gasteiger partial charge in [-0.2, -0.15) is 0 Å². The van der Waals surface area contributed by atoms with Gasteiger partial charge in [-0.1, -0.05) is 64.4 Å². The summed E-state index contributed by atoms with van der Waals surface area (Å²) in [5, 5.41) is 41.2. The van der Waals surface area contributed by atoms with Crippen molar-refractivity contribution in [3.05, 3.63) is 35.9 Å². The molecule has 0 radical (unpaired) electrons. The van der Waals surface area contributed by atoms with E-state index in [-0.39, 0.29) is 18.3 Å². The maximum atomic E-state index is 13.2. The Balaban J connectivity index is 2.85. The highest BCUT2D eigenvalue weighted by molar-refractivity contribution is 5.96. The van der Waals surface area contributed by atoms with E-state index >= 15 is 0 Å². The summed E-state index contributed by atoms with van der Waals surface area (Å²) in [7, 11) is 0. The highest BCUT2D eigenvalue weighted by Gasteiger charge is 2.34. The van der Waals surface area contributed by atoms with Gasteiger partial charge in [-0.05, 0) is 30.7 Å². The number of amides is 5. The van der Waals surface area contributed by atoms with Gasteiger partial charge in [0.25, 0.3) is 0 Å². The van der Waals surface area contributed by atoms with Crippen molar-refractivity contribution < 1.29 is 44.1 Å². The minimum Gasteiger partial charge on any atom is -0.480 e. The van der Waals surface area contributed by atoms with Crippen LogP contribution in [0.1, 0.15) is 53.0 Å². The van der Waals surface area contributed by atoms with Crippen molar-refractivity contribution in [2.45, 2.75) is 90.2 Å². The van der Waals surface area contributed by atoms with E-state index in [1.807, 2.05) is 13.8 Å². The van der Waals surface area contributed by atoms with Gasteiger partial charge >= 0.3 is 5.97 Å². The first kappa shape index (κ1) is 38.9. The van der Waals surface area contributed by atoms with E-state index in [1.54, 1.807) is 44.2 Å². The summed E-state index contributed by atoms with van der Waals surface area (Å²) in [5.41, 5.74) is 6.63. The summed E-state index contributed by atoms with van der Waals surface area (Å²) in [6.07, 6.45) is -0.566. The number of hydrogen-bond acceptors (Lipinski definition) is 9. The standard InChI is InChI=1S/C30H48N6O9/c1-6-17(4)24(35-26(40)20(31)12-16(2)3)28(42)36-25(18(5)38)29(43)34-22(15-37)27(41)32-14-23(39)33-21(30(44)45)13-19-10-8-7-9-11-19/h7-11,16-18,20-22,24-25,37-38H,6,12-15,31H2,1-5H3,(H,32,41)(H,33,39)(H,34,43)(H,35,40)(H,36,42)(H,44,45)/t17-,18+,20-,21-,22-,24-,25-/m0/s1. The molecule has 0 saturated heterocycles. The third-order valence-corrected chi connectivity index (χ3v) is 7.07. The smallest absolute Gasteiger partial charge is 0.326 e. The lowest BCUT2D eigenvalue weighted by atomic mass is 9.96. The Bertz CT molecular complexity index is 1150. The van der Waals surface area contributed by atoms with Crippen molar-refractivity contribution in [1.29, 1.82) is 0 Å². The van der Waals surface area contributed by atoms with Crippen LogP contribution in [0.3, 0.4) is 0 Å². The van der Waals surface area contributed by atoms with Gasteiger partial charge in [0, 0.05) is 6.42 Å². The number of aliphatic carboxylic acids is 1. The average molecular weight is 637 g/mol.